The average molecular weight is 225 g/mol. The van der Waals surface area contributed by atoms with Crippen molar-refractivity contribution in [2.45, 2.75) is 52.0 Å². The molecule has 0 heterocycles. The third-order valence-corrected chi connectivity index (χ3v) is 4.84. The van der Waals surface area contributed by atoms with Crippen molar-refractivity contribution in [2.24, 2.45) is 23.7 Å². The first-order chi connectivity index (χ1) is 7.70. The molecule has 0 aromatic heterocycles. The fourth-order valence-electron chi connectivity index (χ4n) is 3.31. The third-order valence-electron chi connectivity index (χ3n) is 4.84. The van der Waals surface area contributed by atoms with E-state index in [2.05, 4.69) is 19.2 Å². The summed E-state index contributed by atoms with van der Waals surface area (Å²) in [5.41, 5.74) is 0. The smallest absolute Gasteiger partial charge is 0.0462 e. The zero-order valence-electron chi connectivity index (χ0n) is 10.8. The Morgan fingerprint density at radius 2 is 1.88 bits per heavy atom. The lowest BCUT2D eigenvalue weighted by atomic mass is 9.73. The molecular formula is C14H27NO. The van der Waals surface area contributed by atoms with Crippen LogP contribution in [0.25, 0.3) is 0 Å². The molecule has 0 radical (unpaired) electrons. The molecule has 0 aromatic carbocycles. The Hall–Kier alpha value is -0.0800. The van der Waals surface area contributed by atoms with E-state index in [0.29, 0.717) is 12.5 Å². The van der Waals surface area contributed by atoms with Crippen molar-refractivity contribution in [3.8, 4) is 0 Å². The van der Waals surface area contributed by atoms with Crippen LogP contribution in [0.1, 0.15) is 46.0 Å². The van der Waals surface area contributed by atoms with E-state index in [-0.39, 0.29) is 0 Å². The summed E-state index contributed by atoms with van der Waals surface area (Å²) in [5, 5.41) is 13.0. The lowest BCUT2D eigenvalue weighted by molar-refractivity contribution is 0.149. The Balaban J connectivity index is 1.62. The highest BCUT2D eigenvalue weighted by atomic mass is 16.3. The van der Waals surface area contributed by atoms with E-state index in [4.69, 9.17) is 0 Å². The second-order valence-corrected chi connectivity index (χ2v) is 6.21. The molecule has 2 fully saturated rings. The highest BCUT2D eigenvalue weighted by molar-refractivity contribution is 4.88. The van der Waals surface area contributed by atoms with Crippen molar-refractivity contribution < 1.29 is 5.11 Å². The fourth-order valence-corrected chi connectivity index (χ4v) is 3.31. The third kappa shape index (κ3) is 2.78. The Morgan fingerprint density at radius 1 is 1.19 bits per heavy atom. The summed E-state index contributed by atoms with van der Waals surface area (Å²) in [6.07, 6.45) is 6.61. The van der Waals surface area contributed by atoms with Gasteiger partial charge < -0.3 is 10.4 Å². The summed E-state index contributed by atoms with van der Waals surface area (Å²) >= 11 is 0. The minimum absolute atomic E-state index is 0.394. The van der Waals surface area contributed by atoms with Crippen LogP contribution in [-0.4, -0.2) is 24.3 Å². The number of hydrogen-bond donors (Lipinski definition) is 2. The predicted octanol–water partition coefficient (Wildman–Crippen LogP) is 2.42. The van der Waals surface area contributed by atoms with E-state index in [9.17, 15) is 5.11 Å². The van der Waals surface area contributed by atoms with Gasteiger partial charge in [0.2, 0.25) is 0 Å². The molecule has 2 heteroatoms. The molecule has 0 bridgehead atoms. The molecule has 0 aromatic rings. The van der Waals surface area contributed by atoms with Crippen molar-refractivity contribution in [3.05, 3.63) is 0 Å². The lowest BCUT2D eigenvalue weighted by Gasteiger charge is -2.39. The second-order valence-electron chi connectivity index (χ2n) is 6.21. The molecule has 2 unspecified atom stereocenters. The number of rotatable bonds is 5. The van der Waals surface area contributed by atoms with E-state index in [0.717, 1.165) is 30.3 Å². The molecule has 0 aliphatic heterocycles. The van der Waals surface area contributed by atoms with Crippen LogP contribution in [-0.2, 0) is 0 Å². The SMILES string of the molecule is CC(C)C1CC(NCC2CCCC2CO)C1. The first-order valence-electron chi connectivity index (χ1n) is 7.05. The molecule has 2 rings (SSSR count). The van der Waals surface area contributed by atoms with Crippen molar-refractivity contribution in [3.63, 3.8) is 0 Å². The van der Waals surface area contributed by atoms with Gasteiger partial charge in [0.25, 0.3) is 0 Å². The maximum atomic E-state index is 9.26. The highest BCUT2D eigenvalue weighted by Gasteiger charge is 2.32. The molecule has 94 valence electrons. The van der Waals surface area contributed by atoms with Gasteiger partial charge in [0.15, 0.2) is 0 Å². The Kier molecular flexibility index (Phi) is 4.26. The van der Waals surface area contributed by atoms with E-state index in [1.165, 1.54) is 32.1 Å². The number of aliphatic hydroxyl groups is 1. The van der Waals surface area contributed by atoms with Gasteiger partial charge in [-0.3, -0.25) is 0 Å². The number of nitrogens with one attached hydrogen (secondary N) is 1. The Labute approximate surface area is 99.8 Å². The molecule has 2 nitrogen and oxygen atoms in total. The Morgan fingerprint density at radius 3 is 2.50 bits per heavy atom. The van der Waals surface area contributed by atoms with Gasteiger partial charge >= 0.3 is 0 Å². The molecule has 2 aliphatic rings. The maximum Gasteiger partial charge on any atom is 0.0462 e. The standard InChI is InChI=1S/C14H27NO/c1-10(2)13-6-14(7-13)15-8-11-4-3-5-12(11)9-16/h10-16H,3-9H2,1-2H3. The van der Waals surface area contributed by atoms with E-state index >= 15 is 0 Å². The van der Waals surface area contributed by atoms with Gasteiger partial charge in [0.1, 0.15) is 0 Å². The van der Waals surface area contributed by atoms with E-state index < -0.39 is 0 Å². The summed E-state index contributed by atoms with van der Waals surface area (Å²) in [5.74, 6) is 3.13. The van der Waals surface area contributed by atoms with Crippen molar-refractivity contribution in [2.75, 3.05) is 13.2 Å². The quantitative estimate of drug-likeness (QED) is 0.753. The minimum Gasteiger partial charge on any atom is -0.396 e. The van der Waals surface area contributed by atoms with E-state index in [1.54, 1.807) is 0 Å². The number of hydrogen-bond acceptors (Lipinski definition) is 2. The largest absolute Gasteiger partial charge is 0.396 e. The maximum absolute atomic E-state index is 9.26. The normalized spacial score (nSPS) is 39.0. The van der Waals surface area contributed by atoms with Gasteiger partial charge in [-0.05, 0) is 55.9 Å². The Bertz CT molecular complexity index is 211. The minimum atomic E-state index is 0.394. The second kappa shape index (κ2) is 5.50. The topological polar surface area (TPSA) is 32.3 Å². The molecule has 2 aliphatic carbocycles. The van der Waals surface area contributed by atoms with Crippen LogP contribution in [0.4, 0.5) is 0 Å². The summed E-state index contributed by atoms with van der Waals surface area (Å²) in [7, 11) is 0. The number of aliphatic hydroxyl groups excluding tert-OH is 1. The van der Waals surface area contributed by atoms with Crippen molar-refractivity contribution in [1.82, 2.24) is 5.32 Å². The monoisotopic (exact) mass is 225 g/mol. The van der Waals surface area contributed by atoms with Crippen LogP contribution in [0.15, 0.2) is 0 Å². The van der Waals surface area contributed by atoms with E-state index in [1.807, 2.05) is 0 Å². The van der Waals surface area contributed by atoms with Crippen LogP contribution >= 0.6 is 0 Å². The predicted molar refractivity (Wildman–Crippen MR) is 67.3 cm³/mol. The summed E-state index contributed by atoms with van der Waals surface area (Å²) in [6.45, 7) is 6.20. The summed E-state index contributed by atoms with van der Waals surface area (Å²) in [6, 6.07) is 0.771. The van der Waals surface area contributed by atoms with Gasteiger partial charge in [-0.15, -0.1) is 0 Å². The van der Waals surface area contributed by atoms with Gasteiger partial charge in [-0.2, -0.15) is 0 Å². The van der Waals surface area contributed by atoms with Crippen LogP contribution in [0.3, 0.4) is 0 Å². The first kappa shape index (κ1) is 12.4. The lowest BCUT2D eigenvalue weighted by Crippen LogP contribution is -2.45. The van der Waals surface area contributed by atoms with Crippen molar-refractivity contribution >= 4 is 0 Å². The zero-order valence-corrected chi connectivity index (χ0v) is 10.8. The van der Waals surface area contributed by atoms with Gasteiger partial charge in [-0.25, -0.2) is 0 Å². The molecule has 0 spiro atoms. The van der Waals surface area contributed by atoms with Gasteiger partial charge in [0, 0.05) is 12.6 Å². The molecule has 2 N–H and O–H groups in total. The average Bonchev–Trinajstić information content (AvgIpc) is 2.62. The molecule has 2 saturated carbocycles. The summed E-state index contributed by atoms with van der Waals surface area (Å²) < 4.78 is 0. The van der Waals surface area contributed by atoms with Crippen LogP contribution < -0.4 is 5.32 Å². The first-order valence-corrected chi connectivity index (χ1v) is 7.05. The van der Waals surface area contributed by atoms with Gasteiger partial charge in [-0.1, -0.05) is 20.3 Å². The summed E-state index contributed by atoms with van der Waals surface area (Å²) in [4.78, 5) is 0. The molecule has 2 atom stereocenters. The highest BCUT2D eigenvalue weighted by Crippen LogP contribution is 2.35. The molecule has 0 saturated heterocycles. The molecular weight excluding hydrogens is 198 g/mol. The van der Waals surface area contributed by atoms with Crippen molar-refractivity contribution in [1.29, 1.82) is 0 Å². The zero-order chi connectivity index (χ0) is 11.5. The molecule has 16 heavy (non-hydrogen) atoms. The van der Waals surface area contributed by atoms with Crippen LogP contribution in [0, 0.1) is 23.7 Å². The fraction of sp³-hybridized carbons (Fsp3) is 1.00. The van der Waals surface area contributed by atoms with Gasteiger partial charge in [0.05, 0.1) is 0 Å². The van der Waals surface area contributed by atoms with Crippen LogP contribution in [0.5, 0.6) is 0 Å². The molecule has 0 amide bonds. The van der Waals surface area contributed by atoms with Crippen LogP contribution in [0.2, 0.25) is 0 Å².